The SMILES string of the molecule is C#CCN(C)C(=O)N1CCOc2ccncc21. The van der Waals surface area contributed by atoms with Gasteiger partial charge in [-0.05, 0) is 0 Å². The van der Waals surface area contributed by atoms with Crippen LogP contribution in [0, 0.1) is 12.3 Å². The standard InChI is InChI=1S/C12H13N3O2/c1-3-6-14(2)12(16)15-7-8-17-11-4-5-13-9-10(11)15/h1,4-5,9H,6-8H2,2H3. The van der Waals surface area contributed by atoms with E-state index in [1.165, 1.54) is 4.90 Å². The third-order valence-corrected chi connectivity index (χ3v) is 2.51. The summed E-state index contributed by atoms with van der Waals surface area (Å²) in [4.78, 5) is 19.2. The van der Waals surface area contributed by atoms with Crippen LogP contribution in [-0.2, 0) is 0 Å². The van der Waals surface area contributed by atoms with Gasteiger partial charge >= 0.3 is 6.03 Å². The van der Waals surface area contributed by atoms with Gasteiger partial charge in [-0.1, -0.05) is 5.92 Å². The number of ether oxygens (including phenoxy) is 1. The zero-order valence-corrected chi connectivity index (χ0v) is 9.59. The molecule has 0 spiro atoms. The largest absolute Gasteiger partial charge is 0.489 e. The summed E-state index contributed by atoms with van der Waals surface area (Å²) in [6.45, 7) is 1.27. The first-order chi connectivity index (χ1) is 8.24. The lowest BCUT2D eigenvalue weighted by Crippen LogP contribution is -2.45. The van der Waals surface area contributed by atoms with E-state index in [0.29, 0.717) is 24.6 Å². The lowest BCUT2D eigenvalue weighted by atomic mass is 10.3. The van der Waals surface area contributed by atoms with Gasteiger partial charge in [0.15, 0.2) is 0 Å². The van der Waals surface area contributed by atoms with Crippen molar-refractivity contribution in [3.8, 4) is 18.1 Å². The maximum absolute atomic E-state index is 12.1. The maximum Gasteiger partial charge on any atom is 0.325 e. The second-order valence-electron chi connectivity index (χ2n) is 3.69. The number of pyridine rings is 1. The van der Waals surface area contributed by atoms with E-state index in [4.69, 9.17) is 11.2 Å². The van der Waals surface area contributed by atoms with Gasteiger partial charge in [-0.25, -0.2) is 4.79 Å². The number of hydrogen-bond donors (Lipinski definition) is 0. The molecule has 88 valence electrons. The summed E-state index contributed by atoms with van der Waals surface area (Å²) in [6, 6.07) is 1.61. The van der Waals surface area contributed by atoms with Crippen LogP contribution < -0.4 is 9.64 Å². The van der Waals surface area contributed by atoms with Crippen molar-refractivity contribution in [2.75, 3.05) is 31.6 Å². The minimum absolute atomic E-state index is 0.138. The van der Waals surface area contributed by atoms with Gasteiger partial charge in [0, 0.05) is 19.3 Å². The molecule has 0 atom stereocenters. The fraction of sp³-hybridized carbons (Fsp3) is 0.333. The molecule has 0 aromatic carbocycles. The van der Waals surface area contributed by atoms with Crippen molar-refractivity contribution in [2.45, 2.75) is 0 Å². The van der Waals surface area contributed by atoms with Gasteiger partial charge in [0.25, 0.3) is 0 Å². The highest BCUT2D eigenvalue weighted by Crippen LogP contribution is 2.30. The zero-order chi connectivity index (χ0) is 12.3. The first kappa shape index (κ1) is 11.3. The molecule has 0 radical (unpaired) electrons. The molecular formula is C12H13N3O2. The molecule has 0 saturated heterocycles. The topological polar surface area (TPSA) is 45.7 Å². The van der Waals surface area contributed by atoms with Crippen molar-refractivity contribution in [3.05, 3.63) is 18.5 Å². The first-order valence-corrected chi connectivity index (χ1v) is 5.27. The number of carbonyl (C=O) groups excluding carboxylic acids is 1. The number of aromatic nitrogens is 1. The Morgan fingerprint density at radius 3 is 3.35 bits per heavy atom. The molecule has 5 nitrogen and oxygen atoms in total. The number of carbonyl (C=O) groups is 1. The number of hydrogen-bond acceptors (Lipinski definition) is 3. The van der Waals surface area contributed by atoms with Gasteiger partial charge in [0.1, 0.15) is 18.0 Å². The van der Waals surface area contributed by atoms with Gasteiger partial charge in [-0.2, -0.15) is 0 Å². The normalized spacial score (nSPS) is 13.3. The zero-order valence-electron chi connectivity index (χ0n) is 9.59. The number of amides is 2. The molecule has 0 fully saturated rings. The van der Waals surface area contributed by atoms with Crippen LogP contribution in [0.3, 0.4) is 0 Å². The quantitative estimate of drug-likeness (QED) is 0.676. The van der Waals surface area contributed by atoms with Gasteiger partial charge in [0.2, 0.25) is 0 Å². The highest BCUT2D eigenvalue weighted by molar-refractivity contribution is 5.93. The van der Waals surface area contributed by atoms with Crippen molar-refractivity contribution in [2.24, 2.45) is 0 Å². The van der Waals surface area contributed by atoms with E-state index < -0.39 is 0 Å². The van der Waals surface area contributed by atoms with E-state index in [0.717, 1.165) is 0 Å². The Morgan fingerprint density at radius 2 is 2.59 bits per heavy atom. The average Bonchev–Trinajstić information content (AvgIpc) is 2.37. The molecule has 1 aliphatic heterocycles. The second kappa shape index (κ2) is 4.74. The van der Waals surface area contributed by atoms with Crippen molar-refractivity contribution < 1.29 is 9.53 Å². The Balaban J connectivity index is 2.24. The molecule has 2 amide bonds. The monoisotopic (exact) mass is 231 g/mol. The van der Waals surface area contributed by atoms with Crippen molar-refractivity contribution >= 4 is 11.7 Å². The van der Waals surface area contributed by atoms with Crippen LogP contribution in [0.1, 0.15) is 0 Å². The summed E-state index contributed by atoms with van der Waals surface area (Å²) in [6.07, 6.45) is 8.45. The fourth-order valence-electron chi connectivity index (χ4n) is 1.67. The number of rotatable bonds is 1. The van der Waals surface area contributed by atoms with Crippen LogP contribution in [-0.4, -0.2) is 42.7 Å². The van der Waals surface area contributed by atoms with Crippen LogP contribution in [0.15, 0.2) is 18.5 Å². The summed E-state index contributed by atoms with van der Waals surface area (Å²) in [7, 11) is 1.67. The molecule has 0 N–H and O–H groups in total. The minimum Gasteiger partial charge on any atom is -0.489 e. The highest BCUT2D eigenvalue weighted by atomic mass is 16.5. The summed E-state index contributed by atoms with van der Waals surface area (Å²) in [5.41, 5.74) is 0.688. The Morgan fingerprint density at radius 1 is 1.76 bits per heavy atom. The second-order valence-corrected chi connectivity index (χ2v) is 3.69. The molecule has 1 aromatic heterocycles. The molecule has 2 rings (SSSR count). The minimum atomic E-state index is -0.138. The van der Waals surface area contributed by atoms with E-state index in [-0.39, 0.29) is 12.6 Å². The first-order valence-electron chi connectivity index (χ1n) is 5.27. The maximum atomic E-state index is 12.1. The molecule has 2 heterocycles. The number of anilines is 1. The number of fused-ring (bicyclic) bond motifs is 1. The molecule has 0 bridgehead atoms. The van der Waals surface area contributed by atoms with Gasteiger partial charge < -0.3 is 9.64 Å². The van der Waals surface area contributed by atoms with E-state index in [2.05, 4.69) is 10.9 Å². The van der Waals surface area contributed by atoms with E-state index in [1.54, 1.807) is 30.4 Å². The summed E-state index contributed by atoms with van der Waals surface area (Å²) in [5.74, 6) is 3.12. The average molecular weight is 231 g/mol. The van der Waals surface area contributed by atoms with Gasteiger partial charge in [0.05, 0.1) is 19.3 Å². The number of urea groups is 1. The third-order valence-electron chi connectivity index (χ3n) is 2.51. The predicted octanol–water partition coefficient (Wildman–Crippen LogP) is 0.965. The van der Waals surface area contributed by atoms with Gasteiger partial charge in [-0.3, -0.25) is 9.88 Å². The number of nitrogens with zero attached hydrogens (tertiary/aromatic N) is 3. The molecule has 1 aliphatic rings. The van der Waals surface area contributed by atoms with Crippen LogP contribution in [0.4, 0.5) is 10.5 Å². The Hall–Kier alpha value is -2.22. The van der Waals surface area contributed by atoms with Crippen LogP contribution in [0.5, 0.6) is 5.75 Å². The van der Waals surface area contributed by atoms with E-state index >= 15 is 0 Å². The Bertz CT molecular complexity index is 467. The van der Waals surface area contributed by atoms with E-state index in [9.17, 15) is 4.79 Å². The number of terminal acetylenes is 1. The molecule has 0 unspecified atom stereocenters. The molecule has 17 heavy (non-hydrogen) atoms. The molecule has 0 saturated carbocycles. The molecule has 1 aromatic rings. The Labute approximate surface area is 100.0 Å². The molecule has 0 aliphatic carbocycles. The fourth-order valence-corrected chi connectivity index (χ4v) is 1.67. The molecular weight excluding hydrogens is 218 g/mol. The predicted molar refractivity (Wildman–Crippen MR) is 63.9 cm³/mol. The lowest BCUT2D eigenvalue weighted by Gasteiger charge is -2.31. The summed E-state index contributed by atoms with van der Waals surface area (Å²) < 4.78 is 5.45. The van der Waals surface area contributed by atoms with Crippen LogP contribution >= 0.6 is 0 Å². The van der Waals surface area contributed by atoms with Crippen molar-refractivity contribution in [3.63, 3.8) is 0 Å². The van der Waals surface area contributed by atoms with Gasteiger partial charge in [-0.15, -0.1) is 6.42 Å². The smallest absolute Gasteiger partial charge is 0.325 e. The van der Waals surface area contributed by atoms with Crippen molar-refractivity contribution in [1.29, 1.82) is 0 Å². The molecule has 5 heteroatoms. The summed E-state index contributed by atoms with van der Waals surface area (Å²) >= 11 is 0. The van der Waals surface area contributed by atoms with E-state index in [1.807, 2.05) is 0 Å². The van der Waals surface area contributed by atoms with Crippen molar-refractivity contribution in [1.82, 2.24) is 9.88 Å². The van der Waals surface area contributed by atoms with Crippen LogP contribution in [0.25, 0.3) is 0 Å². The summed E-state index contributed by atoms with van der Waals surface area (Å²) in [5, 5.41) is 0. The Kier molecular flexibility index (Phi) is 3.15. The van der Waals surface area contributed by atoms with Crippen LogP contribution in [0.2, 0.25) is 0 Å². The lowest BCUT2D eigenvalue weighted by molar-refractivity contribution is 0.215. The third kappa shape index (κ3) is 2.16. The highest BCUT2D eigenvalue weighted by Gasteiger charge is 2.25.